The summed E-state index contributed by atoms with van der Waals surface area (Å²) >= 11 is 1.48. The fraction of sp³-hybridized carbons (Fsp3) is 0.103. The second kappa shape index (κ2) is 10.9. The average molecular weight is 467 g/mol. The van der Waals surface area contributed by atoms with Gasteiger partial charge in [0.05, 0.1) is 0 Å². The van der Waals surface area contributed by atoms with Crippen LogP contribution in [0, 0.1) is 13.8 Å². The molecule has 2 amide bonds. The van der Waals surface area contributed by atoms with Gasteiger partial charge in [-0.25, -0.2) is 0 Å². The van der Waals surface area contributed by atoms with Gasteiger partial charge in [0.15, 0.2) is 0 Å². The van der Waals surface area contributed by atoms with E-state index in [2.05, 4.69) is 10.6 Å². The highest BCUT2D eigenvalue weighted by Gasteiger charge is 2.22. The minimum atomic E-state index is -0.423. The molecule has 5 heteroatoms. The van der Waals surface area contributed by atoms with E-state index in [0.717, 1.165) is 27.3 Å². The predicted octanol–water partition coefficient (Wildman–Crippen LogP) is 7.03. The lowest BCUT2D eigenvalue weighted by Gasteiger charge is -2.18. The van der Waals surface area contributed by atoms with Crippen molar-refractivity contribution in [2.24, 2.45) is 0 Å². The quantitative estimate of drug-likeness (QED) is 0.288. The van der Waals surface area contributed by atoms with Gasteiger partial charge in [-0.3, -0.25) is 9.59 Å². The van der Waals surface area contributed by atoms with Crippen LogP contribution < -0.4 is 10.6 Å². The number of hydrogen-bond acceptors (Lipinski definition) is 3. The maximum absolute atomic E-state index is 13.3. The van der Waals surface area contributed by atoms with E-state index in [1.165, 1.54) is 11.8 Å². The largest absolute Gasteiger partial charge is 0.325 e. The van der Waals surface area contributed by atoms with Crippen LogP contribution in [0.1, 0.15) is 32.3 Å². The Labute approximate surface area is 204 Å². The first-order chi connectivity index (χ1) is 16.5. The van der Waals surface area contributed by atoms with Crippen LogP contribution in [0.5, 0.6) is 0 Å². The molecule has 0 aliphatic heterocycles. The van der Waals surface area contributed by atoms with Crippen LogP contribution in [-0.4, -0.2) is 11.8 Å². The monoisotopic (exact) mass is 466 g/mol. The van der Waals surface area contributed by atoms with Crippen molar-refractivity contribution in [2.45, 2.75) is 24.0 Å². The normalized spacial score (nSPS) is 11.5. The van der Waals surface area contributed by atoms with E-state index in [0.29, 0.717) is 11.3 Å². The third-order valence-corrected chi connectivity index (χ3v) is 6.77. The van der Waals surface area contributed by atoms with E-state index in [-0.39, 0.29) is 11.8 Å². The number of amides is 2. The van der Waals surface area contributed by atoms with Gasteiger partial charge >= 0.3 is 0 Å². The Hall–Kier alpha value is -3.83. The van der Waals surface area contributed by atoms with Crippen LogP contribution in [0.3, 0.4) is 0 Å². The Morgan fingerprint density at radius 1 is 0.676 bits per heavy atom. The second-order valence-electron chi connectivity index (χ2n) is 8.01. The van der Waals surface area contributed by atoms with E-state index < -0.39 is 5.25 Å². The summed E-state index contributed by atoms with van der Waals surface area (Å²) in [6.07, 6.45) is 0. The molecule has 0 bridgehead atoms. The molecule has 0 radical (unpaired) electrons. The molecule has 1 atom stereocenters. The third-order valence-electron chi connectivity index (χ3n) is 5.50. The highest BCUT2D eigenvalue weighted by Crippen LogP contribution is 2.37. The highest BCUT2D eigenvalue weighted by molar-refractivity contribution is 8.00. The molecule has 0 spiro atoms. The summed E-state index contributed by atoms with van der Waals surface area (Å²) in [5.74, 6) is -0.222. The maximum atomic E-state index is 13.3. The van der Waals surface area contributed by atoms with Gasteiger partial charge in [-0.1, -0.05) is 66.7 Å². The van der Waals surface area contributed by atoms with E-state index in [1.54, 1.807) is 0 Å². The topological polar surface area (TPSA) is 58.2 Å². The van der Waals surface area contributed by atoms with Crippen molar-refractivity contribution in [3.8, 4) is 0 Å². The first kappa shape index (κ1) is 23.3. The Morgan fingerprint density at radius 3 is 1.97 bits per heavy atom. The van der Waals surface area contributed by atoms with Gasteiger partial charge in [0.1, 0.15) is 5.25 Å². The number of hydrogen-bond donors (Lipinski definition) is 2. The first-order valence-electron chi connectivity index (χ1n) is 11.1. The Balaban J connectivity index is 1.50. The van der Waals surface area contributed by atoms with Crippen LogP contribution in [0.15, 0.2) is 108 Å². The number of benzene rings is 4. The molecule has 0 saturated heterocycles. The average Bonchev–Trinajstić information content (AvgIpc) is 2.85. The van der Waals surface area contributed by atoms with Crippen molar-refractivity contribution in [3.05, 3.63) is 125 Å². The number of para-hydroxylation sites is 1. The van der Waals surface area contributed by atoms with Crippen molar-refractivity contribution in [1.82, 2.24) is 0 Å². The zero-order valence-electron chi connectivity index (χ0n) is 19.1. The lowest BCUT2D eigenvalue weighted by molar-refractivity contribution is -0.115. The number of thioether (sulfide) groups is 1. The SMILES string of the molecule is Cc1ccccc1NC(=O)C(Sc1ccc(NC(=O)c2ccccc2C)cc1)c1ccccc1. The lowest BCUT2D eigenvalue weighted by atomic mass is 10.1. The molecule has 1 unspecified atom stereocenters. The van der Waals surface area contributed by atoms with Gasteiger partial charge in [0.25, 0.3) is 5.91 Å². The van der Waals surface area contributed by atoms with Crippen LogP contribution in [0.25, 0.3) is 0 Å². The van der Waals surface area contributed by atoms with Gasteiger partial charge in [-0.15, -0.1) is 11.8 Å². The number of nitrogens with one attached hydrogen (secondary N) is 2. The molecule has 0 aliphatic rings. The third kappa shape index (κ3) is 5.74. The van der Waals surface area contributed by atoms with E-state index in [1.807, 2.05) is 117 Å². The van der Waals surface area contributed by atoms with Gasteiger partial charge in [0, 0.05) is 21.8 Å². The first-order valence-corrected chi connectivity index (χ1v) is 11.9. The van der Waals surface area contributed by atoms with Crippen LogP contribution >= 0.6 is 11.8 Å². The predicted molar refractivity (Wildman–Crippen MR) is 140 cm³/mol. The summed E-state index contributed by atoms with van der Waals surface area (Å²) in [7, 11) is 0. The molecular formula is C29H26N2O2S. The van der Waals surface area contributed by atoms with Crippen LogP contribution in [-0.2, 0) is 4.79 Å². The van der Waals surface area contributed by atoms with Crippen molar-refractivity contribution >= 4 is 35.0 Å². The number of aryl methyl sites for hydroxylation is 2. The fourth-order valence-corrected chi connectivity index (χ4v) is 4.62. The molecule has 0 aromatic heterocycles. The molecule has 34 heavy (non-hydrogen) atoms. The molecule has 2 N–H and O–H groups in total. The van der Waals surface area contributed by atoms with Gasteiger partial charge in [-0.2, -0.15) is 0 Å². The van der Waals surface area contributed by atoms with E-state index in [4.69, 9.17) is 0 Å². The summed E-state index contributed by atoms with van der Waals surface area (Å²) in [5.41, 5.74) is 5.04. The van der Waals surface area contributed by atoms with E-state index >= 15 is 0 Å². The molecule has 0 fully saturated rings. The molecule has 170 valence electrons. The fourth-order valence-electron chi connectivity index (χ4n) is 3.59. The minimum Gasteiger partial charge on any atom is -0.325 e. The molecule has 4 rings (SSSR count). The summed E-state index contributed by atoms with van der Waals surface area (Å²) in [6, 6.07) is 32.6. The van der Waals surface area contributed by atoms with Gasteiger partial charge < -0.3 is 10.6 Å². The molecule has 0 heterocycles. The Bertz CT molecular complexity index is 1290. The highest BCUT2D eigenvalue weighted by atomic mass is 32.2. The van der Waals surface area contributed by atoms with Crippen LogP contribution in [0.2, 0.25) is 0 Å². The summed E-state index contributed by atoms with van der Waals surface area (Å²) in [4.78, 5) is 26.8. The van der Waals surface area contributed by atoms with Gasteiger partial charge in [0.2, 0.25) is 5.91 Å². The van der Waals surface area contributed by atoms with Crippen molar-refractivity contribution in [1.29, 1.82) is 0 Å². The molecular weight excluding hydrogens is 440 g/mol. The second-order valence-corrected chi connectivity index (χ2v) is 9.18. The maximum Gasteiger partial charge on any atom is 0.255 e. The molecule has 4 aromatic carbocycles. The zero-order valence-corrected chi connectivity index (χ0v) is 19.9. The molecule has 4 aromatic rings. The number of anilines is 2. The lowest BCUT2D eigenvalue weighted by Crippen LogP contribution is -2.19. The van der Waals surface area contributed by atoms with Crippen LogP contribution in [0.4, 0.5) is 11.4 Å². The smallest absolute Gasteiger partial charge is 0.255 e. The summed E-state index contributed by atoms with van der Waals surface area (Å²) < 4.78 is 0. The number of carbonyl (C=O) groups is 2. The standard InChI is InChI=1S/C29H26N2O2S/c1-20-10-6-8-14-25(20)28(32)30-23-16-18-24(19-17-23)34-27(22-12-4-3-5-13-22)29(33)31-26-15-9-7-11-21(26)2/h3-19,27H,1-2H3,(H,30,32)(H,31,33). The molecule has 0 saturated carbocycles. The summed E-state index contributed by atoms with van der Waals surface area (Å²) in [5, 5.41) is 5.60. The molecule has 0 aliphatic carbocycles. The van der Waals surface area contributed by atoms with Crippen molar-refractivity contribution in [3.63, 3.8) is 0 Å². The van der Waals surface area contributed by atoms with E-state index in [9.17, 15) is 9.59 Å². The number of rotatable bonds is 7. The van der Waals surface area contributed by atoms with Crippen molar-refractivity contribution < 1.29 is 9.59 Å². The van der Waals surface area contributed by atoms with Gasteiger partial charge in [-0.05, 0) is 66.9 Å². The van der Waals surface area contributed by atoms with Crippen molar-refractivity contribution in [2.75, 3.05) is 10.6 Å². The summed E-state index contributed by atoms with van der Waals surface area (Å²) in [6.45, 7) is 3.89. The Kier molecular flexibility index (Phi) is 7.45. The minimum absolute atomic E-state index is 0.0811. The molecule has 4 nitrogen and oxygen atoms in total. The number of carbonyl (C=O) groups excluding carboxylic acids is 2. The Morgan fingerprint density at radius 2 is 1.29 bits per heavy atom. The zero-order chi connectivity index (χ0) is 23.9.